The first kappa shape index (κ1) is 13.3. The average Bonchev–Trinajstić information content (AvgIpc) is 2.96. The fraction of sp³-hybridized carbons (Fsp3) is 0.667. The number of aromatic nitrogens is 1. The van der Waals surface area contributed by atoms with Crippen LogP contribution in [0.4, 0.5) is 9.80 Å². The molecule has 2 N–H and O–H groups in total. The maximum absolute atomic E-state index is 12.1. The Labute approximate surface area is 111 Å². The molecular weight excluding hydrogens is 250 g/mol. The van der Waals surface area contributed by atoms with Gasteiger partial charge in [-0.3, -0.25) is 5.32 Å². The normalized spacial score (nSPS) is 19.3. The van der Waals surface area contributed by atoms with Gasteiger partial charge in [-0.05, 0) is 26.2 Å². The van der Waals surface area contributed by atoms with Crippen molar-refractivity contribution < 1.29 is 9.90 Å². The Bertz CT molecular complexity index is 433. The molecule has 1 aromatic rings. The van der Waals surface area contributed by atoms with Gasteiger partial charge in [-0.2, -0.15) is 0 Å². The summed E-state index contributed by atoms with van der Waals surface area (Å²) in [5.41, 5.74) is 0.866. The monoisotopic (exact) mass is 269 g/mol. The minimum absolute atomic E-state index is 0.0370. The molecule has 2 amide bonds. The van der Waals surface area contributed by atoms with E-state index in [0.29, 0.717) is 0 Å². The third-order valence-electron chi connectivity index (χ3n) is 3.21. The highest BCUT2D eigenvalue weighted by molar-refractivity contribution is 7.16. The Morgan fingerprint density at radius 2 is 2.44 bits per heavy atom. The van der Waals surface area contributed by atoms with Crippen molar-refractivity contribution in [3.05, 3.63) is 10.7 Å². The van der Waals surface area contributed by atoms with E-state index in [9.17, 15) is 9.90 Å². The summed E-state index contributed by atoms with van der Waals surface area (Å²) in [4.78, 5) is 18.2. The number of aryl methyl sites for hydroxylation is 2. The number of nitrogens with one attached hydrogen (secondary N) is 1. The number of hydrogen-bond acceptors (Lipinski definition) is 4. The number of thiazole rings is 1. The number of anilines is 1. The van der Waals surface area contributed by atoms with Gasteiger partial charge in [-0.25, -0.2) is 9.78 Å². The van der Waals surface area contributed by atoms with E-state index in [-0.39, 0.29) is 18.7 Å². The summed E-state index contributed by atoms with van der Waals surface area (Å²) in [6.45, 7) is 4.70. The maximum atomic E-state index is 12.1. The summed E-state index contributed by atoms with van der Waals surface area (Å²) in [6, 6.07) is -0.162. The van der Waals surface area contributed by atoms with Crippen LogP contribution in [-0.4, -0.2) is 40.2 Å². The summed E-state index contributed by atoms with van der Waals surface area (Å²) in [5.74, 6) is 0. The first-order valence-electron chi connectivity index (χ1n) is 6.30. The molecule has 18 heavy (non-hydrogen) atoms. The molecule has 0 spiro atoms. The lowest BCUT2D eigenvalue weighted by atomic mass is 10.2. The topological polar surface area (TPSA) is 65.5 Å². The van der Waals surface area contributed by atoms with Gasteiger partial charge in [-0.1, -0.05) is 6.92 Å². The summed E-state index contributed by atoms with van der Waals surface area (Å²) in [5, 5.41) is 14.0. The van der Waals surface area contributed by atoms with E-state index < -0.39 is 0 Å². The number of likely N-dealkylation sites (tertiary alicyclic amines) is 1. The first-order chi connectivity index (χ1) is 8.65. The van der Waals surface area contributed by atoms with E-state index in [1.807, 2.05) is 13.8 Å². The van der Waals surface area contributed by atoms with Crippen LogP contribution < -0.4 is 5.32 Å². The lowest BCUT2D eigenvalue weighted by Gasteiger charge is -2.22. The highest BCUT2D eigenvalue weighted by Crippen LogP contribution is 2.26. The highest BCUT2D eigenvalue weighted by Gasteiger charge is 2.28. The molecule has 2 heterocycles. The zero-order valence-electron chi connectivity index (χ0n) is 10.8. The van der Waals surface area contributed by atoms with Gasteiger partial charge in [0, 0.05) is 6.54 Å². The minimum atomic E-state index is -0.124. The molecule has 6 heteroatoms. The second-order valence-electron chi connectivity index (χ2n) is 4.48. The van der Waals surface area contributed by atoms with Gasteiger partial charge in [0.1, 0.15) is 5.00 Å². The van der Waals surface area contributed by atoms with Crippen LogP contribution in [-0.2, 0) is 6.42 Å². The smallest absolute Gasteiger partial charge is 0.322 e. The van der Waals surface area contributed by atoms with Crippen molar-refractivity contribution in [3.63, 3.8) is 0 Å². The van der Waals surface area contributed by atoms with Gasteiger partial charge >= 0.3 is 6.03 Å². The fourth-order valence-electron chi connectivity index (χ4n) is 2.18. The fourth-order valence-corrected chi connectivity index (χ4v) is 3.08. The lowest BCUT2D eigenvalue weighted by Crippen LogP contribution is -2.40. The molecule has 1 aliphatic heterocycles. The predicted octanol–water partition coefficient (Wildman–Crippen LogP) is 2.00. The van der Waals surface area contributed by atoms with Crippen LogP contribution in [0.3, 0.4) is 0 Å². The van der Waals surface area contributed by atoms with Crippen molar-refractivity contribution in [2.24, 2.45) is 0 Å². The van der Waals surface area contributed by atoms with Crippen molar-refractivity contribution in [1.82, 2.24) is 9.88 Å². The Hall–Kier alpha value is -1.14. The van der Waals surface area contributed by atoms with Crippen LogP contribution in [0.2, 0.25) is 0 Å². The van der Waals surface area contributed by atoms with Crippen LogP contribution in [0.1, 0.15) is 30.5 Å². The number of amides is 2. The van der Waals surface area contributed by atoms with Gasteiger partial charge in [0.15, 0.2) is 0 Å². The molecule has 0 unspecified atom stereocenters. The second kappa shape index (κ2) is 5.67. The van der Waals surface area contributed by atoms with Crippen LogP contribution >= 0.6 is 11.3 Å². The molecule has 1 fully saturated rings. The van der Waals surface area contributed by atoms with Gasteiger partial charge in [0.2, 0.25) is 0 Å². The largest absolute Gasteiger partial charge is 0.394 e. The number of rotatable bonds is 3. The SMILES string of the molecule is CCc1nc(C)c(NC(=O)N2CCC[C@@H]2CO)s1. The summed E-state index contributed by atoms with van der Waals surface area (Å²) < 4.78 is 0. The minimum Gasteiger partial charge on any atom is -0.394 e. The molecule has 1 saturated heterocycles. The molecule has 0 aromatic carbocycles. The van der Waals surface area contributed by atoms with E-state index in [0.717, 1.165) is 41.5 Å². The van der Waals surface area contributed by atoms with E-state index in [1.165, 1.54) is 11.3 Å². The lowest BCUT2D eigenvalue weighted by molar-refractivity contribution is 0.166. The molecule has 0 bridgehead atoms. The summed E-state index contributed by atoms with van der Waals surface area (Å²) >= 11 is 1.52. The molecule has 1 aliphatic rings. The van der Waals surface area contributed by atoms with Crippen LogP contribution in [0.25, 0.3) is 0 Å². The molecule has 0 aliphatic carbocycles. The van der Waals surface area contributed by atoms with Crippen LogP contribution in [0.5, 0.6) is 0 Å². The van der Waals surface area contributed by atoms with Crippen molar-refractivity contribution in [1.29, 1.82) is 0 Å². The number of aliphatic hydroxyl groups excluding tert-OH is 1. The van der Waals surface area contributed by atoms with E-state index in [1.54, 1.807) is 4.90 Å². The van der Waals surface area contributed by atoms with E-state index in [4.69, 9.17) is 0 Å². The number of urea groups is 1. The Morgan fingerprint density at radius 3 is 3.06 bits per heavy atom. The molecule has 5 nitrogen and oxygen atoms in total. The average molecular weight is 269 g/mol. The van der Waals surface area contributed by atoms with Crippen molar-refractivity contribution in [2.45, 2.75) is 39.2 Å². The number of carbonyl (C=O) groups is 1. The van der Waals surface area contributed by atoms with Crippen LogP contribution in [0, 0.1) is 6.92 Å². The standard InChI is InChI=1S/C12H19N3O2S/c1-3-10-13-8(2)11(18-10)14-12(17)15-6-4-5-9(15)7-16/h9,16H,3-7H2,1-2H3,(H,14,17)/t9-/m1/s1. The zero-order valence-corrected chi connectivity index (χ0v) is 11.6. The Morgan fingerprint density at radius 1 is 1.67 bits per heavy atom. The number of nitrogens with zero attached hydrogens (tertiary/aromatic N) is 2. The molecule has 0 saturated carbocycles. The number of hydrogen-bond donors (Lipinski definition) is 2. The quantitative estimate of drug-likeness (QED) is 0.882. The van der Waals surface area contributed by atoms with Crippen molar-refractivity contribution >= 4 is 22.4 Å². The summed E-state index contributed by atoms with van der Waals surface area (Å²) in [6.07, 6.45) is 2.72. The third-order valence-corrected chi connectivity index (χ3v) is 4.43. The zero-order chi connectivity index (χ0) is 13.1. The molecule has 1 atom stereocenters. The summed E-state index contributed by atoms with van der Waals surface area (Å²) in [7, 11) is 0. The molecule has 100 valence electrons. The van der Waals surface area contributed by atoms with Crippen LogP contribution in [0.15, 0.2) is 0 Å². The van der Waals surface area contributed by atoms with Gasteiger partial charge < -0.3 is 10.0 Å². The number of carbonyl (C=O) groups excluding carboxylic acids is 1. The first-order valence-corrected chi connectivity index (χ1v) is 7.12. The predicted molar refractivity (Wildman–Crippen MR) is 72.1 cm³/mol. The molecule has 1 aromatic heterocycles. The second-order valence-corrected chi connectivity index (χ2v) is 5.56. The van der Waals surface area contributed by atoms with Gasteiger partial charge in [-0.15, -0.1) is 11.3 Å². The van der Waals surface area contributed by atoms with Gasteiger partial charge in [0.05, 0.1) is 23.4 Å². The van der Waals surface area contributed by atoms with Crippen molar-refractivity contribution in [3.8, 4) is 0 Å². The van der Waals surface area contributed by atoms with E-state index in [2.05, 4.69) is 10.3 Å². The highest BCUT2D eigenvalue weighted by atomic mass is 32.1. The Balaban J connectivity index is 2.04. The molecular formula is C12H19N3O2S. The molecule has 2 rings (SSSR count). The third kappa shape index (κ3) is 2.64. The Kier molecular flexibility index (Phi) is 4.19. The van der Waals surface area contributed by atoms with E-state index >= 15 is 0 Å². The molecule has 0 radical (unpaired) electrons. The van der Waals surface area contributed by atoms with Gasteiger partial charge in [0.25, 0.3) is 0 Å². The maximum Gasteiger partial charge on any atom is 0.322 e. The number of aliphatic hydroxyl groups is 1. The van der Waals surface area contributed by atoms with Crippen molar-refractivity contribution in [2.75, 3.05) is 18.5 Å².